The van der Waals surface area contributed by atoms with Crippen molar-refractivity contribution in [2.45, 2.75) is 19.3 Å². The van der Waals surface area contributed by atoms with E-state index in [2.05, 4.69) is 10.2 Å². The zero-order chi connectivity index (χ0) is 10.5. The van der Waals surface area contributed by atoms with Crippen LogP contribution in [0.3, 0.4) is 0 Å². The lowest BCUT2D eigenvalue weighted by Crippen LogP contribution is -2.48. The number of carbonyl (C=O) groups excluding carboxylic acids is 1. The average molecular weight is 211 g/mol. The van der Waals surface area contributed by atoms with Crippen LogP contribution in [0, 0.1) is 0 Å². The predicted octanol–water partition coefficient (Wildman–Crippen LogP) is -0.0959. The summed E-state index contributed by atoms with van der Waals surface area (Å²) in [5.74, 6) is 0.266. The van der Waals surface area contributed by atoms with Gasteiger partial charge in [-0.05, 0) is 38.9 Å². The number of hydrogen-bond acceptors (Lipinski definition) is 3. The van der Waals surface area contributed by atoms with Crippen LogP contribution in [0.4, 0.5) is 0 Å². The van der Waals surface area contributed by atoms with E-state index < -0.39 is 0 Å². The quantitative estimate of drug-likeness (QED) is 0.705. The molecule has 2 aliphatic rings. The molecule has 0 radical (unpaired) electrons. The molecule has 0 aromatic rings. The summed E-state index contributed by atoms with van der Waals surface area (Å²) in [5.41, 5.74) is 0. The van der Waals surface area contributed by atoms with Gasteiger partial charge in [-0.15, -0.1) is 0 Å². The van der Waals surface area contributed by atoms with Crippen molar-refractivity contribution in [2.24, 2.45) is 0 Å². The van der Waals surface area contributed by atoms with Gasteiger partial charge >= 0.3 is 0 Å². The summed E-state index contributed by atoms with van der Waals surface area (Å²) >= 11 is 0. The highest BCUT2D eigenvalue weighted by Crippen LogP contribution is 2.07. The van der Waals surface area contributed by atoms with Crippen molar-refractivity contribution in [3.63, 3.8) is 0 Å². The van der Waals surface area contributed by atoms with E-state index >= 15 is 0 Å². The van der Waals surface area contributed by atoms with Gasteiger partial charge in [0.25, 0.3) is 0 Å². The Balaban J connectivity index is 1.61. The molecule has 1 amide bonds. The Morgan fingerprint density at radius 3 is 2.67 bits per heavy atom. The summed E-state index contributed by atoms with van der Waals surface area (Å²) in [7, 11) is 0. The second-order valence-corrected chi connectivity index (χ2v) is 4.46. The van der Waals surface area contributed by atoms with Crippen molar-refractivity contribution in [3.8, 4) is 0 Å². The van der Waals surface area contributed by atoms with E-state index in [4.69, 9.17) is 0 Å². The topological polar surface area (TPSA) is 35.6 Å². The second kappa shape index (κ2) is 5.47. The minimum Gasteiger partial charge on any atom is -0.340 e. The highest BCUT2D eigenvalue weighted by molar-refractivity contribution is 5.78. The molecule has 2 rings (SSSR count). The Morgan fingerprint density at radius 2 is 1.93 bits per heavy atom. The normalized spacial score (nSPS) is 23.7. The minimum absolute atomic E-state index is 0.266. The summed E-state index contributed by atoms with van der Waals surface area (Å²) in [5, 5.41) is 3.09. The number of amides is 1. The number of nitrogens with one attached hydrogen (secondary N) is 1. The van der Waals surface area contributed by atoms with Crippen LogP contribution in [-0.4, -0.2) is 61.5 Å². The van der Waals surface area contributed by atoms with E-state index in [1.54, 1.807) is 0 Å². The first-order chi connectivity index (χ1) is 7.36. The molecule has 4 heteroatoms. The second-order valence-electron chi connectivity index (χ2n) is 4.46. The molecule has 0 saturated carbocycles. The van der Waals surface area contributed by atoms with E-state index in [1.807, 2.05) is 4.90 Å². The molecule has 15 heavy (non-hydrogen) atoms. The summed E-state index contributed by atoms with van der Waals surface area (Å²) in [6, 6.07) is 0. The van der Waals surface area contributed by atoms with Gasteiger partial charge in [-0.3, -0.25) is 4.79 Å². The van der Waals surface area contributed by atoms with Crippen LogP contribution in [0.2, 0.25) is 0 Å². The van der Waals surface area contributed by atoms with Gasteiger partial charge in [0, 0.05) is 19.6 Å². The van der Waals surface area contributed by atoms with Gasteiger partial charge in [-0.2, -0.15) is 0 Å². The third-order valence-corrected chi connectivity index (χ3v) is 3.29. The Bertz CT molecular complexity index is 214. The first-order valence-electron chi connectivity index (χ1n) is 6.07. The molecule has 4 nitrogen and oxygen atoms in total. The fourth-order valence-corrected chi connectivity index (χ4v) is 2.37. The third kappa shape index (κ3) is 3.18. The Hall–Kier alpha value is -0.610. The summed E-state index contributed by atoms with van der Waals surface area (Å²) in [4.78, 5) is 16.0. The van der Waals surface area contributed by atoms with E-state index in [1.165, 1.54) is 25.9 Å². The number of nitrogens with zero attached hydrogens (tertiary/aromatic N) is 2. The van der Waals surface area contributed by atoms with Crippen molar-refractivity contribution >= 4 is 5.91 Å². The van der Waals surface area contributed by atoms with Gasteiger partial charge in [0.15, 0.2) is 0 Å². The van der Waals surface area contributed by atoms with E-state index in [0.29, 0.717) is 6.54 Å². The Morgan fingerprint density at radius 1 is 1.13 bits per heavy atom. The number of rotatable bonds is 4. The van der Waals surface area contributed by atoms with Crippen LogP contribution in [0.1, 0.15) is 19.3 Å². The SMILES string of the molecule is O=C1CNCCN1CCCN1CCCC1. The summed E-state index contributed by atoms with van der Waals surface area (Å²) in [6.45, 7) is 7.00. The third-order valence-electron chi connectivity index (χ3n) is 3.29. The summed E-state index contributed by atoms with van der Waals surface area (Å²) in [6.07, 6.45) is 3.84. The van der Waals surface area contributed by atoms with Crippen molar-refractivity contribution < 1.29 is 4.79 Å². The minimum atomic E-state index is 0.266. The van der Waals surface area contributed by atoms with Crippen molar-refractivity contribution in [2.75, 3.05) is 45.8 Å². The van der Waals surface area contributed by atoms with E-state index in [0.717, 1.165) is 32.6 Å². The molecule has 2 saturated heterocycles. The maximum Gasteiger partial charge on any atom is 0.236 e. The first kappa shape index (κ1) is 10.9. The van der Waals surface area contributed by atoms with Crippen molar-refractivity contribution in [3.05, 3.63) is 0 Å². The number of likely N-dealkylation sites (tertiary alicyclic amines) is 1. The molecule has 2 aliphatic heterocycles. The van der Waals surface area contributed by atoms with E-state index in [9.17, 15) is 4.79 Å². The predicted molar refractivity (Wildman–Crippen MR) is 59.7 cm³/mol. The van der Waals surface area contributed by atoms with Crippen LogP contribution in [-0.2, 0) is 4.79 Å². The van der Waals surface area contributed by atoms with Gasteiger partial charge in [-0.25, -0.2) is 0 Å². The van der Waals surface area contributed by atoms with Crippen LogP contribution in [0.5, 0.6) is 0 Å². The highest BCUT2D eigenvalue weighted by atomic mass is 16.2. The molecular weight excluding hydrogens is 190 g/mol. The van der Waals surface area contributed by atoms with Crippen molar-refractivity contribution in [1.29, 1.82) is 0 Å². The molecule has 0 aliphatic carbocycles. The zero-order valence-electron chi connectivity index (χ0n) is 9.37. The standard InChI is InChI=1S/C11H21N3O/c15-11-10-12-4-9-14(11)8-3-7-13-5-1-2-6-13/h12H,1-10H2. The molecule has 0 aromatic heterocycles. The smallest absolute Gasteiger partial charge is 0.236 e. The number of hydrogen-bond donors (Lipinski definition) is 1. The zero-order valence-corrected chi connectivity index (χ0v) is 9.37. The molecule has 0 atom stereocenters. The fourth-order valence-electron chi connectivity index (χ4n) is 2.37. The van der Waals surface area contributed by atoms with Crippen molar-refractivity contribution in [1.82, 2.24) is 15.1 Å². The molecular formula is C11H21N3O. The lowest BCUT2D eigenvalue weighted by atomic mass is 10.3. The molecule has 0 unspecified atom stereocenters. The molecule has 0 spiro atoms. The molecule has 2 heterocycles. The van der Waals surface area contributed by atoms with Gasteiger partial charge in [0.05, 0.1) is 6.54 Å². The number of piperazine rings is 1. The monoisotopic (exact) mass is 211 g/mol. The van der Waals surface area contributed by atoms with E-state index in [-0.39, 0.29) is 5.91 Å². The van der Waals surface area contributed by atoms with Gasteiger partial charge in [-0.1, -0.05) is 0 Å². The largest absolute Gasteiger partial charge is 0.340 e. The fraction of sp³-hybridized carbons (Fsp3) is 0.909. The van der Waals surface area contributed by atoms with Gasteiger partial charge in [0.2, 0.25) is 5.91 Å². The first-order valence-corrected chi connectivity index (χ1v) is 6.07. The lowest BCUT2D eigenvalue weighted by molar-refractivity contribution is -0.132. The van der Waals surface area contributed by atoms with Crippen LogP contribution < -0.4 is 5.32 Å². The average Bonchev–Trinajstić information content (AvgIpc) is 2.74. The molecule has 0 aromatic carbocycles. The lowest BCUT2D eigenvalue weighted by Gasteiger charge is -2.28. The maximum atomic E-state index is 11.5. The van der Waals surface area contributed by atoms with Crippen LogP contribution in [0.25, 0.3) is 0 Å². The van der Waals surface area contributed by atoms with Crippen LogP contribution >= 0.6 is 0 Å². The molecule has 2 fully saturated rings. The molecule has 86 valence electrons. The molecule has 1 N–H and O–H groups in total. The Labute approximate surface area is 91.6 Å². The van der Waals surface area contributed by atoms with Crippen LogP contribution in [0.15, 0.2) is 0 Å². The van der Waals surface area contributed by atoms with Gasteiger partial charge < -0.3 is 15.1 Å². The highest BCUT2D eigenvalue weighted by Gasteiger charge is 2.17. The summed E-state index contributed by atoms with van der Waals surface area (Å²) < 4.78 is 0. The molecule has 0 bridgehead atoms. The Kier molecular flexibility index (Phi) is 3.97. The van der Waals surface area contributed by atoms with Gasteiger partial charge in [0.1, 0.15) is 0 Å². The maximum absolute atomic E-state index is 11.5. The number of carbonyl (C=O) groups is 1.